The van der Waals surface area contributed by atoms with E-state index in [9.17, 15) is 9.18 Å². The van der Waals surface area contributed by atoms with Gasteiger partial charge in [-0.05, 0) is 30.3 Å². The monoisotopic (exact) mass is 241 g/mol. The first-order chi connectivity index (χ1) is 8.74. The quantitative estimate of drug-likeness (QED) is 0.710. The number of rotatable bonds is 1. The molecule has 88 valence electrons. The van der Waals surface area contributed by atoms with E-state index in [2.05, 4.69) is 15.0 Å². The number of fused-ring (bicyclic) bond motifs is 1. The fraction of sp³-hybridized carbons (Fsp3) is 0. The second-order valence-corrected chi connectivity index (χ2v) is 3.80. The van der Waals surface area contributed by atoms with Crippen molar-refractivity contribution in [3.8, 4) is 11.4 Å². The van der Waals surface area contributed by atoms with Crippen molar-refractivity contribution >= 4 is 10.9 Å². The van der Waals surface area contributed by atoms with Crippen molar-refractivity contribution in [1.29, 1.82) is 0 Å². The van der Waals surface area contributed by atoms with Gasteiger partial charge < -0.3 is 4.98 Å². The predicted octanol–water partition coefficient (Wildman–Crippen LogP) is 2.12. The Labute approximate surface area is 101 Å². The van der Waals surface area contributed by atoms with Crippen molar-refractivity contribution < 1.29 is 4.39 Å². The molecule has 0 radical (unpaired) electrons. The number of nitrogens with zero attached hydrogens (tertiary/aromatic N) is 2. The van der Waals surface area contributed by atoms with E-state index >= 15 is 0 Å². The summed E-state index contributed by atoms with van der Waals surface area (Å²) in [5.41, 5.74) is 0.986. The van der Waals surface area contributed by atoms with Gasteiger partial charge in [0.25, 0.3) is 0 Å². The zero-order valence-electron chi connectivity index (χ0n) is 9.22. The molecule has 0 atom stereocenters. The first-order valence-electron chi connectivity index (χ1n) is 5.35. The Hall–Kier alpha value is -2.56. The maximum atomic E-state index is 13.3. The van der Waals surface area contributed by atoms with Gasteiger partial charge >= 0.3 is 5.69 Å². The molecule has 2 heterocycles. The maximum Gasteiger partial charge on any atom is 0.346 e. The predicted molar refractivity (Wildman–Crippen MR) is 65.6 cm³/mol. The van der Waals surface area contributed by atoms with E-state index in [1.165, 1.54) is 18.2 Å². The van der Waals surface area contributed by atoms with Gasteiger partial charge in [0.15, 0.2) is 0 Å². The average molecular weight is 241 g/mol. The summed E-state index contributed by atoms with van der Waals surface area (Å²) in [6, 6.07) is 9.42. The first-order valence-corrected chi connectivity index (χ1v) is 5.35. The van der Waals surface area contributed by atoms with Gasteiger partial charge in [0, 0.05) is 11.6 Å². The van der Waals surface area contributed by atoms with Crippen molar-refractivity contribution in [3.05, 3.63) is 58.9 Å². The van der Waals surface area contributed by atoms with Gasteiger partial charge in [0.2, 0.25) is 0 Å². The number of halogens is 1. The zero-order valence-corrected chi connectivity index (χ0v) is 9.22. The molecule has 0 spiro atoms. The van der Waals surface area contributed by atoms with Crippen LogP contribution in [0.3, 0.4) is 0 Å². The van der Waals surface area contributed by atoms with Crippen LogP contribution in [0.1, 0.15) is 0 Å². The summed E-state index contributed by atoms with van der Waals surface area (Å²) >= 11 is 0. The van der Waals surface area contributed by atoms with Crippen LogP contribution in [0.15, 0.2) is 47.4 Å². The van der Waals surface area contributed by atoms with E-state index in [-0.39, 0.29) is 5.82 Å². The summed E-state index contributed by atoms with van der Waals surface area (Å²) in [6.07, 6.45) is 1.60. The topological polar surface area (TPSA) is 58.6 Å². The van der Waals surface area contributed by atoms with Crippen molar-refractivity contribution in [2.45, 2.75) is 0 Å². The molecule has 4 nitrogen and oxygen atoms in total. The Morgan fingerprint density at radius 2 is 2.06 bits per heavy atom. The fourth-order valence-corrected chi connectivity index (χ4v) is 1.82. The minimum absolute atomic E-state index is 0.381. The Balaban J connectivity index is 2.41. The fourth-order valence-electron chi connectivity index (χ4n) is 1.82. The minimum Gasteiger partial charge on any atom is -0.305 e. The second-order valence-electron chi connectivity index (χ2n) is 3.80. The lowest BCUT2D eigenvalue weighted by molar-refractivity contribution is 0.629. The van der Waals surface area contributed by atoms with Crippen LogP contribution >= 0.6 is 0 Å². The molecule has 3 rings (SSSR count). The van der Waals surface area contributed by atoms with Crippen molar-refractivity contribution in [1.82, 2.24) is 15.0 Å². The van der Waals surface area contributed by atoms with Gasteiger partial charge in [-0.3, -0.25) is 4.98 Å². The Kier molecular flexibility index (Phi) is 2.37. The van der Waals surface area contributed by atoms with Gasteiger partial charge in [-0.15, -0.1) is 0 Å². The molecule has 18 heavy (non-hydrogen) atoms. The normalized spacial score (nSPS) is 10.7. The van der Waals surface area contributed by atoms with Crippen LogP contribution in [0.25, 0.3) is 22.3 Å². The smallest absolute Gasteiger partial charge is 0.305 e. The molecule has 0 aliphatic carbocycles. The lowest BCUT2D eigenvalue weighted by Gasteiger charge is -2.04. The largest absolute Gasteiger partial charge is 0.346 e. The summed E-state index contributed by atoms with van der Waals surface area (Å²) in [5, 5.41) is 0.535. The van der Waals surface area contributed by atoms with Gasteiger partial charge in [0.1, 0.15) is 11.5 Å². The lowest BCUT2D eigenvalue weighted by atomic mass is 10.1. The van der Waals surface area contributed by atoms with E-state index in [0.717, 1.165) is 0 Å². The van der Waals surface area contributed by atoms with Crippen LogP contribution in [-0.2, 0) is 0 Å². The Morgan fingerprint density at radius 3 is 2.83 bits per heavy atom. The minimum atomic E-state index is -0.477. The molecule has 0 amide bonds. The molecule has 1 N–H and O–H groups in total. The number of aromatic nitrogens is 3. The number of nitrogens with one attached hydrogen (secondary N) is 1. The van der Waals surface area contributed by atoms with Gasteiger partial charge in [-0.25, -0.2) is 9.18 Å². The molecule has 1 aromatic carbocycles. The summed E-state index contributed by atoms with van der Waals surface area (Å²) < 4.78 is 13.3. The molecule has 3 aromatic rings. The van der Waals surface area contributed by atoms with Crippen LogP contribution in [0.2, 0.25) is 0 Å². The summed E-state index contributed by atoms with van der Waals surface area (Å²) in [5.74, 6) is -0.381. The molecule has 0 aliphatic heterocycles. The van der Waals surface area contributed by atoms with Crippen LogP contribution in [0.4, 0.5) is 4.39 Å². The van der Waals surface area contributed by atoms with E-state index in [4.69, 9.17) is 0 Å². The van der Waals surface area contributed by atoms with E-state index < -0.39 is 5.69 Å². The summed E-state index contributed by atoms with van der Waals surface area (Å²) in [4.78, 5) is 22.0. The second kappa shape index (κ2) is 4.03. The number of benzene rings is 1. The highest BCUT2D eigenvalue weighted by molar-refractivity contribution is 5.90. The van der Waals surface area contributed by atoms with E-state index in [1.807, 2.05) is 0 Å². The van der Waals surface area contributed by atoms with Crippen LogP contribution < -0.4 is 5.69 Å². The number of aromatic amines is 1. The van der Waals surface area contributed by atoms with Crippen molar-refractivity contribution in [2.75, 3.05) is 0 Å². The van der Waals surface area contributed by atoms with E-state index in [0.29, 0.717) is 22.3 Å². The van der Waals surface area contributed by atoms with Crippen molar-refractivity contribution in [2.24, 2.45) is 0 Å². The number of H-pyrrole nitrogens is 1. The average Bonchev–Trinajstić information content (AvgIpc) is 2.39. The van der Waals surface area contributed by atoms with E-state index in [1.54, 1.807) is 24.4 Å². The molecule has 0 saturated carbocycles. The number of pyridine rings is 1. The third-order valence-corrected chi connectivity index (χ3v) is 2.60. The molecule has 0 aliphatic rings. The van der Waals surface area contributed by atoms with Crippen LogP contribution in [0, 0.1) is 5.82 Å². The van der Waals surface area contributed by atoms with Crippen molar-refractivity contribution in [3.63, 3.8) is 0 Å². The third kappa shape index (κ3) is 1.75. The van der Waals surface area contributed by atoms with Crippen LogP contribution in [0.5, 0.6) is 0 Å². The first kappa shape index (κ1) is 10.6. The Bertz CT molecular complexity index is 768. The highest BCUT2D eigenvalue weighted by atomic mass is 19.1. The molecule has 0 bridgehead atoms. The third-order valence-electron chi connectivity index (χ3n) is 2.60. The summed E-state index contributed by atoms with van der Waals surface area (Å²) in [6.45, 7) is 0. The SMILES string of the molecule is O=c1nc(-c2ccccn2)c2cc(F)ccc2[nH]1. The molecular weight excluding hydrogens is 233 g/mol. The lowest BCUT2D eigenvalue weighted by Crippen LogP contribution is -2.11. The van der Waals surface area contributed by atoms with Crippen LogP contribution in [-0.4, -0.2) is 15.0 Å². The Morgan fingerprint density at radius 1 is 1.17 bits per heavy atom. The number of hydrogen-bond acceptors (Lipinski definition) is 3. The zero-order chi connectivity index (χ0) is 12.5. The molecule has 5 heteroatoms. The maximum absolute atomic E-state index is 13.3. The van der Waals surface area contributed by atoms with Gasteiger partial charge in [-0.1, -0.05) is 6.07 Å². The molecule has 0 saturated heterocycles. The molecule has 0 unspecified atom stereocenters. The highest BCUT2D eigenvalue weighted by Crippen LogP contribution is 2.22. The standard InChI is InChI=1S/C13H8FN3O/c14-8-4-5-10-9(7-8)12(17-13(18)16-10)11-3-1-2-6-15-11/h1-7H,(H,16,17,18). The van der Waals surface area contributed by atoms with Gasteiger partial charge in [0.05, 0.1) is 11.2 Å². The van der Waals surface area contributed by atoms with Gasteiger partial charge in [-0.2, -0.15) is 4.98 Å². The molecule has 2 aromatic heterocycles. The highest BCUT2D eigenvalue weighted by Gasteiger charge is 2.09. The summed E-state index contributed by atoms with van der Waals surface area (Å²) in [7, 11) is 0. The number of hydrogen-bond donors (Lipinski definition) is 1. The molecular formula is C13H8FN3O. The molecule has 0 fully saturated rings.